The minimum Gasteiger partial charge on any atom is -0.384 e. The first-order valence-electron chi connectivity index (χ1n) is 21.1. The third-order valence-electron chi connectivity index (χ3n) is 12.0. The molecule has 1 saturated heterocycles. The summed E-state index contributed by atoms with van der Waals surface area (Å²) in [6.45, 7) is 9.30. The summed E-state index contributed by atoms with van der Waals surface area (Å²) >= 11 is 0. The van der Waals surface area contributed by atoms with Crippen LogP contribution in [0.2, 0.25) is 0 Å². The second-order valence-corrected chi connectivity index (χ2v) is 16.1. The zero-order valence-corrected chi connectivity index (χ0v) is 35.0. The molecule has 5 aromatic rings. The second-order valence-electron chi connectivity index (χ2n) is 16.1. The van der Waals surface area contributed by atoms with Crippen molar-refractivity contribution in [1.82, 2.24) is 40.0 Å². The van der Waals surface area contributed by atoms with E-state index in [2.05, 4.69) is 31.6 Å². The van der Waals surface area contributed by atoms with Crippen LogP contribution in [-0.4, -0.2) is 104 Å². The SMILES string of the molecule is CCCC(C(=O)NC=O)N1C(=O)c2cccc(NCC(C)CNC(=O)c3ccc(-c4cc5cccc(-c6nc(C7CCOCC7)n7c6CN(C(C)=O)CC7)c5cn4)cn3)c2C1=O. The first kappa shape index (κ1) is 41.9. The maximum absolute atomic E-state index is 13.5. The lowest BCUT2D eigenvalue weighted by Crippen LogP contribution is -2.49. The van der Waals surface area contributed by atoms with Gasteiger partial charge in [0.25, 0.3) is 17.7 Å². The number of rotatable bonds is 14. The van der Waals surface area contributed by atoms with Crippen molar-refractivity contribution in [2.75, 3.05) is 38.2 Å². The van der Waals surface area contributed by atoms with Crippen molar-refractivity contribution in [3.8, 4) is 22.5 Å². The molecule has 6 amide bonds. The molecule has 0 aliphatic carbocycles. The number of benzene rings is 2. The summed E-state index contributed by atoms with van der Waals surface area (Å²) < 4.78 is 7.97. The van der Waals surface area contributed by atoms with Gasteiger partial charge in [-0.25, -0.2) is 4.98 Å². The summed E-state index contributed by atoms with van der Waals surface area (Å²) in [5, 5.41) is 10.2. The Morgan fingerprint density at radius 2 is 1.74 bits per heavy atom. The number of imidazole rings is 1. The van der Waals surface area contributed by atoms with Crippen LogP contribution in [0.25, 0.3) is 33.3 Å². The van der Waals surface area contributed by atoms with Crippen LogP contribution in [-0.2, 0) is 32.2 Å². The van der Waals surface area contributed by atoms with Crippen LogP contribution >= 0.6 is 0 Å². The lowest BCUT2D eigenvalue weighted by atomic mass is 9.99. The number of aromatic nitrogens is 4. The van der Waals surface area contributed by atoms with E-state index in [0.29, 0.717) is 69.7 Å². The van der Waals surface area contributed by atoms with Gasteiger partial charge in [0, 0.05) is 86.8 Å². The van der Waals surface area contributed by atoms with Gasteiger partial charge in [0.05, 0.1) is 34.8 Å². The number of carbonyl (C=O) groups is 6. The highest BCUT2D eigenvalue weighted by Gasteiger charge is 2.43. The summed E-state index contributed by atoms with van der Waals surface area (Å²) in [6, 6.07) is 15.4. The third kappa shape index (κ3) is 8.17. The standard InChI is InChI=1S/C46H49N9O7/c1-4-7-38(44(59)51-26-56)55-45(60)33-10-6-11-35(40(33)46(55)61)47-21-27(2)22-50-43(58)36-13-12-31(23-48-36)37-20-30-8-5-9-32(34(30)24-49-37)41-39-25-53(28(3)57)16-17-54(39)42(52-41)29-14-18-62-19-15-29/h5-6,8-13,20,23-24,26-27,29,38,47H,4,7,14-19,21-22,25H2,1-3H3,(H,50,58)(H,51,56,59). The number of pyridine rings is 2. The highest BCUT2D eigenvalue weighted by Crippen LogP contribution is 2.38. The molecule has 16 nitrogen and oxygen atoms in total. The summed E-state index contributed by atoms with van der Waals surface area (Å²) in [6.07, 6.45) is 6.28. The Labute approximate surface area is 358 Å². The number of hydrogen-bond donors (Lipinski definition) is 3. The van der Waals surface area contributed by atoms with Crippen molar-refractivity contribution >= 4 is 52.4 Å². The highest BCUT2D eigenvalue weighted by atomic mass is 16.5. The van der Waals surface area contributed by atoms with E-state index < -0.39 is 23.8 Å². The van der Waals surface area contributed by atoms with E-state index in [4.69, 9.17) is 14.7 Å². The highest BCUT2D eigenvalue weighted by molar-refractivity contribution is 6.25. The van der Waals surface area contributed by atoms with Crippen LogP contribution in [0.4, 0.5) is 5.69 Å². The van der Waals surface area contributed by atoms with Gasteiger partial charge in [-0.2, -0.15) is 0 Å². The molecule has 0 radical (unpaired) electrons. The number of nitrogens with one attached hydrogen (secondary N) is 3. The smallest absolute Gasteiger partial charge is 0.269 e. The molecular formula is C46H49N9O7. The molecule has 3 N–H and O–H groups in total. The quantitative estimate of drug-likeness (QED) is 0.101. The molecule has 2 atom stereocenters. The largest absolute Gasteiger partial charge is 0.384 e. The number of imide groups is 2. The number of fused-ring (bicyclic) bond motifs is 3. The molecule has 0 spiro atoms. The molecule has 6 heterocycles. The molecule has 1 fully saturated rings. The van der Waals surface area contributed by atoms with Gasteiger partial charge in [-0.3, -0.25) is 49.0 Å². The van der Waals surface area contributed by atoms with Crippen LogP contribution in [0.5, 0.6) is 0 Å². The topological polar surface area (TPSA) is 198 Å². The van der Waals surface area contributed by atoms with Crippen LogP contribution in [0.3, 0.4) is 0 Å². The van der Waals surface area contributed by atoms with Crippen LogP contribution in [0, 0.1) is 5.92 Å². The molecule has 8 rings (SSSR count). The summed E-state index contributed by atoms with van der Waals surface area (Å²) in [5.41, 5.74) is 5.34. The zero-order valence-electron chi connectivity index (χ0n) is 35.0. The number of hydrogen-bond acceptors (Lipinski definition) is 11. The number of amides is 6. The van der Waals surface area contributed by atoms with Gasteiger partial charge in [-0.05, 0) is 60.9 Å². The normalized spacial score (nSPS) is 16.1. The van der Waals surface area contributed by atoms with Crippen molar-refractivity contribution in [2.45, 2.75) is 71.5 Å². The maximum Gasteiger partial charge on any atom is 0.269 e. The van der Waals surface area contributed by atoms with Crippen molar-refractivity contribution < 1.29 is 33.5 Å². The predicted molar refractivity (Wildman–Crippen MR) is 230 cm³/mol. The summed E-state index contributed by atoms with van der Waals surface area (Å²) in [5.74, 6) is -0.953. The Kier molecular flexibility index (Phi) is 12.2. The molecule has 320 valence electrons. The molecule has 16 heteroatoms. The van der Waals surface area contributed by atoms with Gasteiger partial charge >= 0.3 is 0 Å². The molecular weight excluding hydrogens is 791 g/mol. The third-order valence-corrected chi connectivity index (χ3v) is 12.0. The van der Waals surface area contributed by atoms with Crippen LogP contribution in [0.15, 0.2) is 67.0 Å². The maximum atomic E-state index is 13.5. The number of carbonyl (C=O) groups excluding carboxylic acids is 6. The van der Waals surface area contributed by atoms with E-state index in [0.717, 1.165) is 56.9 Å². The van der Waals surface area contributed by atoms with Gasteiger partial charge in [-0.15, -0.1) is 0 Å². The lowest BCUT2D eigenvalue weighted by molar-refractivity contribution is -0.130. The summed E-state index contributed by atoms with van der Waals surface area (Å²) in [7, 11) is 0. The van der Waals surface area contributed by atoms with Gasteiger partial charge < -0.3 is 24.8 Å². The number of anilines is 1. The monoisotopic (exact) mass is 839 g/mol. The fourth-order valence-corrected chi connectivity index (χ4v) is 8.62. The first-order valence-corrected chi connectivity index (χ1v) is 21.1. The lowest BCUT2D eigenvalue weighted by Gasteiger charge is -2.30. The van der Waals surface area contributed by atoms with E-state index in [-0.39, 0.29) is 47.4 Å². The molecule has 3 aromatic heterocycles. The van der Waals surface area contributed by atoms with Gasteiger partial charge in [0.15, 0.2) is 0 Å². The van der Waals surface area contributed by atoms with Crippen molar-refractivity contribution in [2.24, 2.45) is 5.92 Å². The Balaban J connectivity index is 0.920. The van der Waals surface area contributed by atoms with E-state index in [1.165, 1.54) is 6.07 Å². The van der Waals surface area contributed by atoms with Gasteiger partial charge in [0.1, 0.15) is 17.6 Å². The van der Waals surface area contributed by atoms with E-state index in [9.17, 15) is 28.8 Å². The fourth-order valence-electron chi connectivity index (χ4n) is 8.62. The van der Waals surface area contributed by atoms with Gasteiger partial charge in [0.2, 0.25) is 18.2 Å². The molecule has 3 aliphatic rings. The van der Waals surface area contributed by atoms with E-state index in [1.54, 1.807) is 31.3 Å². The Morgan fingerprint density at radius 3 is 2.48 bits per heavy atom. The van der Waals surface area contributed by atoms with Crippen molar-refractivity contribution in [3.63, 3.8) is 0 Å². The first-order chi connectivity index (χ1) is 30.1. The Bertz CT molecular complexity index is 2570. The minimum atomic E-state index is -1.11. The van der Waals surface area contributed by atoms with Gasteiger partial charge in [-0.1, -0.05) is 44.5 Å². The van der Waals surface area contributed by atoms with Crippen molar-refractivity contribution in [1.29, 1.82) is 0 Å². The Morgan fingerprint density at radius 1 is 0.952 bits per heavy atom. The minimum absolute atomic E-state index is 0.0452. The summed E-state index contributed by atoms with van der Waals surface area (Å²) in [4.78, 5) is 93.4. The van der Waals surface area contributed by atoms with E-state index in [1.807, 2.05) is 49.2 Å². The Hall–Kier alpha value is -6.81. The molecule has 0 bridgehead atoms. The van der Waals surface area contributed by atoms with Crippen LogP contribution < -0.4 is 16.0 Å². The average molecular weight is 840 g/mol. The molecule has 2 unspecified atom stereocenters. The molecule has 2 aromatic carbocycles. The zero-order chi connectivity index (χ0) is 43.5. The number of nitrogens with zero attached hydrogens (tertiary/aromatic N) is 6. The molecule has 3 aliphatic heterocycles. The fraction of sp³-hybridized carbons (Fsp3) is 0.370. The van der Waals surface area contributed by atoms with Crippen molar-refractivity contribution in [3.05, 3.63) is 95.3 Å². The predicted octanol–water partition coefficient (Wildman–Crippen LogP) is 4.93. The average Bonchev–Trinajstić information content (AvgIpc) is 3.80. The second kappa shape index (κ2) is 18.0. The van der Waals surface area contributed by atoms with Crippen LogP contribution in [0.1, 0.15) is 95.1 Å². The molecule has 62 heavy (non-hydrogen) atoms. The number of ether oxygens (including phenoxy) is 1. The molecule has 0 saturated carbocycles. The van der Waals surface area contributed by atoms with E-state index >= 15 is 0 Å².